The molecule has 0 fully saturated rings. The summed E-state index contributed by atoms with van der Waals surface area (Å²) < 4.78 is 31.4. The molecular weight excluding hydrogens is 412 g/mol. The summed E-state index contributed by atoms with van der Waals surface area (Å²) in [5.41, 5.74) is 0.665. The van der Waals surface area contributed by atoms with Crippen LogP contribution in [0.15, 0.2) is 30.6 Å². The number of aryl methyl sites for hydroxylation is 1. The molecule has 0 spiro atoms. The van der Waals surface area contributed by atoms with Gasteiger partial charge in [-0.25, -0.2) is 8.78 Å². The van der Waals surface area contributed by atoms with E-state index in [1.54, 1.807) is 29.7 Å². The van der Waals surface area contributed by atoms with E-state index in [-0.39, 0.29) is 23.4 Å². The number of carbonyl (C=O) groups is 1. The van der Waals surface area contributed by atoms with E-state index in [0.29, 0.717) is 29.6 Å². The van der Waals surface area contributed by atoms with Gasteiger partial charge < -0.3 is 9.47 Å². The van der Waals surface area contributed by atoms with Crippen LogP contribution >= 0.6 is 11.6 Å². The molecule has 2 unspecified atom stereocenters. The number of benzene rings is 2. The first-order chi connectivity index (χ1) is 14.5. The number of amides is 1. The summed E-state index contributed by atoms with van der Waals surface area (Å²) in [5, 5.41) is 18.2. The Labute approximate surface area is 176 Å². The van der Waals surface area contributed by atoms with E-state index in [1.807, 2.05) is 0 Å². The Morgan fingerprint density at radius 1 is 1.33 bits per heavy atom. The van der Waals surface area contributed by atoms with Crippen molar-refractivity contribution in [2.24, 2.45) is 0 Å². The van der Waals surface area contributed by atoms with Crippen molar-refractivity contribution >= 4 is 28.3 Å². The van der Waals surface area contributed by atoms with Gasteiger partial charge in [-0.05, 0) is 17.9 Å². The minimum atomic E-state index is -0.977. The van der Waals surface area contributed by atoms with Gasteiger partial charge in [-0.15, -0.1) is 21.8 Å². The molecule has 0 bridgehead atoms. The predicted molar refractivity (Wildman–Crippen MR) is 107 cm³/mol. The third kappa shape index (κ3) is 3.29. The lowest BCUT2D eigenvalue weighted by atomic mass is 9.95. The molecule has 4 rings (SSSR count). The van der Waals surface area contributed by atoms with Gasteiger partial charge in [-0.3, -0.25) is 4.79 Å². The van der Waals surface area contributed by atoms with Gasteiger partial charge in [0.1, 0.15) is 24.1 Å². The van der Waals surface area contributed by atoms with Crippen LogP contribution in [0.3, 0.4) is 0 Å². The number of aromatic nitrogens is 3. The highest BCUT2D eigenvalue weighted by Crippen LogP contribution is 2.32. The molecule has 1 aliphatic heterocycles. The van der Waals surface area contributed by atoms with Crippen molar-refractivity contribution in [1.82, 2.24) is 19.7 Å². The molecule has 154 valence electrons. The Balaban J connectivity index is 1.76. The largest absolute Gasteiger partial charge is 0.334 e. The quantitative estimate of drug-likeness (QED) is 0.593. The van der Waals surface area contributed by atoms with E-state index in [9.17, 15) is 18.8 Å². The summed E-state index contributed by atoms with van der Waals surface area (Å²) in [4.78, 5) is 14.1. The van der Waals surface area contributed by atoms with Crippen LogP contribution < -0.4 is 0 Å². The van der Waals surface area contributed by atoms with Crippen LogP contribution in [0.2, 0.25) is 0 Å². The Bertz CT molecular complexity index is 1170. The Morgan fingerprint density at radius 2 is 2.07 bits per heavy atom. The van der Waals surface area contributed by atoms with Gasteiger partial charge in [0.05, 0.1) is 6.07 Å². The number of hydrogen-bond donors (Lipinski definition) is 0. The molecule has 6 nitrogen and oxygen atoms in total. The second-order valence-electron chi connectivity index (χ2n) is 7.33. The maximum absolute atomic E-state index is 15.0. The third-order valence-corrected chi connectivity index (χ3v) is 5.96. The van der Waals surface area contributed by atoms with Crippen molar-refractivity contribution in [1.29, 1.82) is 5.26 Å². The molecule has 1 aliphatic rings. The van der Waals surface area contributed by atoms with Gasteiger partial charge in [-0.2, -0.15) is 5.26 Å². The molecule has 0 N–H and O–H groups in total. The predicted octanol–water partition coefficient (Wildman–Crippen LogP) is 3.67. The SMILES string of the molecule is Cc1c(CN(C(=O)CCl)C2Cc3nncn3C(C#N)C2)c(F)c(F)c2ccccc12. The fourth-order valence-corrected chi connectivity index (χ4v) is 4.28. The number of nitriles is 1. The average molecular weight is 430 g/mol. The smallest absolute Gasteiger partial charge is 0.238 e. The summed E-state index contributed by atoms with van der Waals surface area (Å²) in [6.07, 6.45) is 2.15. The van der Waals surface area contributed by atoms with Crippen LogP contribution in [0.5, 0.6) is 0 Å². The van der Waals surface area contributed by atoms with Gasteiger partial charge in [-0.1, -0.05) is 24.3 Å². The highest BCUT2D eigenvalue weighted by Gasteiger charge is 2.34. The molecule has 3 aromatic rings. The van der Waals surface area contributed by atoms with Crippen molar-refractivity contribution in [2.45, 2.75) is 38.4 Å². The number of carbonyl (C=O) groups excluding carboxylic acids is 1. The number of rotatable bonds is 4. The molecule has 2 aromatic carbocycles. The zero-order valence-corrected chi connectivity index (χ0v) is 16.9. The number of nitrogens with zero attached hydrogens (tertiary/aromatic N) is 5. The summed E-state index contributed by atoms with van der Waals surface area (Å²) in [6.45, 7) is 1.56. The zero-order chi connectivity index (χ0) is 21.4. The molecule has 1 amide bonds. The van der Waals surface area contributed by atoms with E-state index in [4.69, 9.17) is 11.6 Å². The summed E-state index contributed by atoms with van der Waals surface area (Å²) in [5.74, 6) is -2.08. The first-order valence-corrected chi connectivity index (χ1v) is 9.98. The molecule has 1 aromatic heterocycles. The van der Waals surface area contributed by atoms with Crippen molar-refractivity contribution in [3.8, 4) is 6.07 Å². The van der Waals surface area contributed by atoms with Crippen LogP contribution in [0.1, 0.15) is 29.4 Å². The van der Waals surface area contributed by atoms with Crippen molar-refractivity contribution in [2.75, 3.05) is 5.88 Å². The van der Waals surface area contributed by atoms with Crippen molar-refractivity contribution in [3.63, 3.8) is 0 Å². The van der Waals surface area contributed by atoms with Gasteiger partial charge in [0.25, 0.3) is 0 Å². The zero-order valence-electron chi connectivity index (χ0n) is 16.1. The van der Waals surface area contributed by atoms with Crippen LogP contribution in [0.25, 0.3) is 10.8 Å². The molecule has 0 saturated heterocycles. The number of hydrogen-bond acceptors (Lipinski definition) is 4. The topological polar surface area (TPSA) is 74.8 Å². The molecule has 0 saturated carbocycles. The third-order valence-electron chi connectivity index (χ3n) is 5.73. The van der Waals surface area contributed by atoms with Crippen LogP contribution in [-0.2, 0) is 17.8 Å². The van der Waals surface area contributed by atoms with E-state index in [2.05, 4.69) is 16.3 Å². The van der Waals surface area contributed by atoms with Crippen LogP contribution in [0.4, 0.5) is 8.78 Å². The lowest BCUT2D eigenvalue weighted by Gasteiger charge is -2.36. The summed E-state index contributed by atoms with van der Waals surface area (Å²) in [6, 6.07) is 7.84. The normalized spacial score (nSPS) is 18.1. The fraction of sp³-hybridized carbons (Fsp3) is 0.333. The molecule has 0 radical (unpaired) electrons. The lowest BCUT2D eigenvalue weighted by molar-refractivity contribution is -0.132. The average Bonchev–Trinajstić information content (AvgIpc) is 3.25. The summed E-state index contributed by atoms with van der Waals surface area (Å²) in [7, 11) is 0. The first kappa shape index (κ1) is 20.2. The Hall–Kier alpha value is -3.05. The maximum Gasteiger partial charge on any atom is 0.238 e. The molecule has 2 atom stereocenters. The van der Waals surface area contributed by atoms with Gasteiger partial charge in [0.15, 0.2) is 11.6 Å². The molecule has 2 heterocycles. The minimum Gasteiger partial charge on any atom is -0.334 e. The fourth-order valence-electron chi connectivity index (χ4n) is 4.13. The highest BCUT2D eigenvalue weighted by atomic mass is 35.5. The highest BCUT2D eigenvalue weighted by molar-refractivity contribution is 6.27. The molecule has 30 heavy (non-hydrogen) atoms. The van der Waals surface area contributed by atoms with E-state index < -0.39 is 29.6 Å². The maximum atomic E-state index is 15.0. The Morgan fingerprint density at radius 3 is 2.77 bits per heavy atom. The van der Waals surface area contributed by atoms with Crippen molar-refractivity contribution in [3.05, 3.63) is 59.2 Å². The lowest BCUT2D eigenvalue weighted by Crippen LogP contribution is -2.45. The van der Waals surface area contributed by atoms with E-state index in [0.717, 1.165) is 0 Å². The van der Waals surface area contributed by atoms with E-state index in [1.165, 1.54) is 17.3 Å². The molecule has 0 aliphatic carbocycles. The second-order valence-corrected chi connectivity index (χ2v) is 7.59. The van der Waals surface area contributed by atoms with Crippen LogP contribution in [-0.4, -0.2) is 37.5 Å². The molecular formula is C21H18ClF2N5O. The number of fused-ring (bicyclic) bond motifs is 2. The van der Waals surface area contributed by atoms with Gasteiger partial charge >= 0.3 is 0 Å². The standard InChI is InChI=1S/C21H18ClF2N5O/c1-12-15-4-2-3-5-16(15)20(23)21(24)17(12)10-28(19(30)8-22)13-6-14(9-25)29-11-26-27-18(29)7-13/h2-5,11,13-14H,6-8,10H2,1H3. The van der Waals surface area contributed by atoms with Gasteiger partial charge in [0, 0.05) is 36.4 Å². The first-order valence-electron chi connectivity index (χ1n) is 9.44. The Kier molecular flexibility index (Phi) is 5.39. The molecule has 9 heteroatoms. The van der Waals surface area contributed by atoms with Gasteiger partial charge in [0.2, 0.25) is 5.91 Å². The van der Waals surface area contributed by atoms with Crippen molar-refractivity contribution < 1.29 is 13.6 Å². The number of alkyl halides is 1. The van der Waals surface area contributed by atoms with E-state index >= 15 is 0 Å². The monoisotopic (exact) mass is 429 g/mol. The summed E-state index contributed by atoms with van der Waals surface area (Å²) >= 11 is 5.83. The second kappa shape index (κ2) is 8.00. The number of halogens is 3. The minimum absolute atomic E-state index is 0.102. The van der Waals surface area contributed by atoms with Crippen LogP contribution in [0, 0.1) is 29.9 Å².